The summed E-state index contributed by atoms with van der Waals surface area (Å²) in [6, 6.07) is 2.62. The molecule has 2 rings (SSSR count). The van der Waals surface area contributed by atoms with E-state index in [4.69, 9.17) is 0 Å². The van der Waals surface area contributed by atoms with Crippen LogP contribution in [0.4, 0.5) is 11.8 Å². The molecule has 1 heterocycles. The molecule has 4 heteroatoms. The average Bonchev–Trinajstić information content (AvgIpc) is 2.37. The molecule has 0 atom stereocenters. The van der Waals surface area contributed by atoms with Crippen molar-refractivity contribution >= 4 is 11.8 Å². The van der Waals surface area contributed by atoms with Crippen molar-refractivity contribution in [2.75, 3.05) is 17.2 Å². The molecule has 0 spiro atoms. The van der Waals surface area contributed by atoms with Crippen molar-refractivity contribution in [2.24, 2.45) is 0 Å². The maximum absolute atomic E-state index is 4.53. The van der Waals surface area contributed by atoms with Gasteiger partial charge in [0.15, 0.2) is 0 Å². The molecule has 100 valence electrons. The Morgan fingerprint density at radius 2 is 2.00 bits per heavy atom. The Hall–Kier alpha value is -1.32. The SMILES string of the molecule is CCCNc1nc(C)cc(NC2CCCCC2)n1. The molecule has 0 aromatic carbocycles. The molecule has 1 saturated carbocycles. The van der Waals surface area contributed by atoms with E-state index in [-0.39, 0.29) is 0 Å². The Bertz CT molecular complexity index is 372. The Morgan fingerprint density at radius 1 is 1.22 bits per heavy atom. The molecule has 1 fully saturated rings. The van der Waals surface area contributed by atoms with E-state index in [1.807, 2.05) is 13.0 Å². The third-order valence-electron chi connectivity index (χ3n) is 3.34. The van der Waals surface area contributed by atoms with Crippen LogP contribution in [-0.4, -0.2) is 22.6 Å². The van der Waals surface area contributed by atoms with Gasteiger partial charge in [-0.15, -0.1) is 0 Å². The molecule has 1 aliphatic carbocycles. The van der Waals surface area contributed by atoms with E-state index in [0.717, 1.165) is 30.4 Å². The molecule has 1 aliphatic rings. The van der Waals surface area contributed by atoms with Gasteiger partial charge in [0.05, 0.1) is 0 Å². The zero-order valence-electron chi connectivity index (χ0n) is 11.5. The number of aryl methyl sites for hydroxylation is 1. The van der Waals surface area contributed by atoms with E-state index in [1.54, 1.807) is 0 Å². The average molecular weight is 248 g/mol. The molecule has 0 bridgehead atoms. The Morgan fingerprint density at radius 3 is 2.72 bits per heavy atom. The minimum Gasteiger partial charge on any atom is -0.367 e. The first-order valence-electron chi connectivity index (χ1n) is 7.14. The highest BCUT2D eigenvalue weighted by molar-refractivity contribution is 5.42. The van der Waals surface area contributed by atoms with Crippen molar-refractivity contribution in [3.05, 3.63) is 11.8 Å². The number of aromatic nitrogens is 2. The number of hydrogen-bond donors (Lipinski definition) is 2. The van der Waals surface area contributed by atoms with Crippen LogP contribution < -0.4 is 10.6 Å². The predicted octanol–water partition coefficient (Wildman–Crippen LogP) is 3.35. The zero-order chi connectivity index (χ0) is 12.8. The van der Waals surface area contributed by atoms with Gasteiger partial charge in [-0.05, 0) is 26.2 Å². The van der Waals surface area contributed by atoms with Gasteiger partial charge in [0.25, 0.3) is 0 Å². The molecule has 4 nitrogen and oxygen atoms in total. The second-order valence-corrected chi connectivity index (χ2v) is 5.12. The Balaban J connectivity index is 1.99. The van der Waals surface area contributed by atoms with Crippen LogP contribution in [0.15, 0.2) is 6.07 Å². The van der Waals surface area contributed by atoms with Crippen LogP contribution in [0, 0.1) is 6.92 Å². The topological polar surface area (TPSA) is 49.8 Å². The van der Waals surface area contributed by atoms with Gasteiger partial charge < -0.3 is 10.6 Å². The molecule has 1 aromatic rings. The van der Waals surface area contributed by atoms with Crippen molar-refractivity contribution in [3.8, 4) is 0 Å². The van der Waals surface area contributed by atoms with Crippen LogP contribution in [0.3, 0.4) is 0 Å². The summed E-state index contributed by atoms with van der Waals surface area (Å²) in [7, 11) is 0. The standard InChI is InChI=1S/C14H24N4/c1-3-9-15-14-16-11(2)10-13(18-14)17-12-7-5-4-6-8-12/h10,12H,3-9H2,1-2H3,(H2,15,16,17,18). The maximum atomic E-state index is 4.53. The van der Waals surface area contributed by atoms with E-state index >= 15 is 0 Å². The molecule has 0 amide bonds. The van der Waals surface area contributed by atoms with Crippen molar-refractivity contribution in [3.63, 3.8) is 0 Å². The first-order valence-corrected chi connectivity index (χ1v) is 7.14. The van der Waals surface area contributed by atoms with Crippen LogP contribution >= 0.6 is 0 Å². The highest BCUT2D eigenvalue weighted by Crippen LogP contribution is 2.21. The van der Waals surface area contributed by atoms with Gasteiger partial charge in [-0.3, -0.25) is 0 Å². The summed E-state index contributed by atoms with van der Waals surface area (Å²) in [6.45, 7) is 5.08. The summed E-state index contributed by atoms with van der Waals surface area (Å²) in [5, 5.41) is 6.80. The summed E-state index contributed by atoms with van der Waals surface area (Å²) in [5.74, 6) is 1.71. The number of hydrogen-bond acceptors (Lipinski definition) is 4. The summed E-state index contributed by atoms with van der Waals surface area (Å²) in [5.41, 5.74) is 1.02. The molecule has 2 N–H and O–H groups in total. The molecule has 18 heavy (non-hydrogen) atoms. The third-order valence-corrected chi connectivity index (χ3v) is 3.34. The van der Waals surface area contributed by atoms with Gasteiger partial charge in [-0.25, -0.2) is 4.98 Å². The van der Waals surface area contributed by atoms with Crippen molar-refractivity contribution < 1.29 is 0 Å². The van der Waals surface area contributed by atoms with Crippen molar-refractivity contribution in [1.82, 2.24) is 9.97 Å². The van der Waals surface area contributed by atoms with Gasteiger partial charge in [0, 0.05) is 24.3 Å². The molecular weight excluding hydrogens is 224 g/mol. The van der Waals surface area contributed by atoms with Crippen LogP contribution in [0.2, 0.25) is 0 Å². The largest absolute Gasteiger partial charge is 0.367 e. The number of nitrogens with one attached hydrogen (secondary N) is 2. The van der Waals surface area contributed by atoms with Gasteiger partial charge in [-0.1, -0.05) is 26.2 Å². The van der Waals surface area contributed by atoms with Gasteiger partial charge in [-0.2, -0.15) is 4.98 Å². The lowest BCUT2D eigenvalue weighted by Crippen LogP contribution is -2.23. The third kappa shape index (κ3) is 3.86. The lowest BCUT2D eigenvalue weighted by Gasteiger charge is -2.23. The van der Waals surface area contributed by atoms with Crippen LogP contribution in [0.25, 0.3) is 0 Å². The summed E-state index contributed by atoms with van der Waals surface area (Å²) in [6.07, 6.45) is 7.67. The van der Waals surface area contributed by atoms with Crippen LogP contribution in [-0.2, 0) is 0 Å². The summed E-state index contributed by atoms with van der Waals surface area (Å²) < 4.78 is 0. The lowest BCUT2D eigenvalue weighted by molar-refractivity contribution is 0.462. The summed E-state index contributed by atoms with van der Waals surface area (Å²) >= 11 is 0. The van der Waals surface area contributed by atoms with E-state index in [2.05, 4.69) is 27.5 Å². The van der Waals surface area contributed by atoms with E-state index < -0.39 is 0 Å². The fraction of sp³-hybridized carbons (Fsp3) is 0.714. The van der Waals surface area contributed by atoms with Crippen molar-refractivity contribution in [2.45, 2.75) is 58.4 Å². The smallest absolute Gasteiger partial charge is 0.224 e. The molecule has 0 unspecified atom stereocenters. The summed E-state index contributed by atoms with van der Waals surface area (Å²) in [4.78, 5) is 8.93. The lowest BCUT2D eigenvalue weighted by atomic mass is 9.95. The molecular formula is C14H24N4. The minimum absolute atomic E-state index is 0.590. The second kappa shape index (κ2) is 6.57. The Kier molecular flexibility index (Phi) is 4.79. The first kappa shape index (κ1) is 13.1. The van der Waals surface area contributed by atoms with Crippen LogP contribution in [0.5, 0.6) is 0 Å². The molecule has 0 aliphatic heterocycles. The monoisotopic (exact) mass is 248 g/mol. The van der Waals surface area contributed by atoms with E-state index in [0.29, 0.717) is 6.04 Å². The minimum atomic E-state index is 0.590. The number of rotatable bonds is 5. The molecule has 0 radical (unpaired) electrons. The van der Waals surface area contributed by atoms with Gasteiger partial charge in [0.2, 0.25) is 5.95 Å². The highest BCUT2D eigenvalue weighted by Gasteiger charge is 2.14. The zero-order valence-corrected chi connectivity index (χ0v) is 11.5. The molecule has 1 aromatic heterocycles. The normalized spacial score (nSPS) is 16.6. The van der Waals surface area contributed by atoms with E-state index in [1.165, 1.54) is 32.1 Å². The van der Waals surface area contributed by atoms with Gasteiger partial charge >= 0.3 is 0 Å². The van der Waals surface area contributed by atoms with Gasteiger partial charge in [0.1, 0.15) is 5.82 Å². The first-order chi connectivity index (χ1) is 8.78. The maximum Gasteiger partial charge on any atom is 0.224 e. The highest BCUT2D eigenvalue weighted by atomic mass is 15.1. The number of nitrogens with zero attached hydrogens (tertiary/aromatic N) is 2. The fourth-order valence-corrected chi connectivity index (χ4v) is 2.41. The van der Waals surface area contributed by atoms with Crippen LogP contribution in [0.1, 0.15) is 51.1 Å². The second-order valence-electron chi connectivity index (χ2n) is 5.12. The Labute approximate surface area is 110 Å². The fourth-order valence-electron chi connectivity index (χ4n) is 2.41. The van der Waals surface area contributed by atoms with E-state index in [9.17, 15) is 0 Å². The molecule has 0 saturated heterocycles. The van der Waals surface area contributed by atoms with Crippen molar-refractivity contribution in [1.29, 1.82) is 0 Å². The predicted molar refractivity (Wildman–Crippen MR) is 76.0 cm³/mol. The quantitative estimate of drug-likeness (QED) is 0.839. The number of anilines is 2.